The normalized spacial score (nSPS) is 12.7. The van der Waals surface area contributed by atoms with Crippen LogP contribution in [0.3, 0.4) is 0 Å². The lowest BCUT2D eigenvalue weighted by atomic mass is 10.1. The van der Waals surface area contributed by atoms with Crippen LogP contribution in [0.5, 0.6) is 11.5 Å². The smallest absolute Gasteiger partial charge is 0.461 e. The first-order valence-electron chi connectivity index (χ1n) is 11.2. The number of carboxylic acid groups (broad SMARTS) is 1. The molecule has 0 spiro atoms. The topological polar surface area (TPSA) is 79.2 Å². The van der Waals surface area contributed by atoms with Crippen molar-refractivity contribution in [3.63, 3.8) is 0 Å². The number of carbonyl (C=O) groups is 1. The zero-order valence-corrected chi connectivity index (χ0v) is 19.9. The van der Waals surface area contributed by atoms with Gasteiger partial charge in [-0.2, -0.15) is 30.7 Å². The van der Waals surface area contributed by atoms with Crippen LogP contribution in [0.15, 0.2) is 72.8 Å². The molecule has 210 valence electrons. The Hall–Kier alpha value is -4.00. The standard InChI is InChI=1S/C26H22F7NO5/c27-24(28)26(32,33)39-21-9-2-4-16(11-21)13-34(14-22(35)25(29,30)31)19-7-3-8-20(12-19)38-15-17-5-1-6-18(10-17)23(36)37/h1-12,22,24,35H,13-15H2,(H,36,37)/t22-/m0/s1. The van der Waals surface area contributed by atoms with E-state index in [1.54, 1.807) is 6.07 Å². The van der Waals surface area contributed by atoms with E-state index in [1.807, 2.05) is 0 Å². The van der Waals surface area contributed by atoms with E-state index >= 15 is 0 Å². The number of ether oxygens (including phenoxy) is 2. The minimum Gasteiger partial charge on any atom is -0.489 e. The van der Waals surface area contributed by atoms with Crippen LogP contribution in [-0.4, -0.2) is 47.5 Å². The monoisotopic (exact) mass is 561 g/mol. The van der Waals surface area contributed by atoms with Crippen molar-refractivity contribution < 1.29 is 55.2 Å². The van der Waals surface area contributed by atoms with Crippen molar-refractivity contribution in [1.29, 1.82) is 0 Å². The van der Waals surface area contributed by atoms with E-state index in [9.17, 15) is 40.6 Å². The van der Waals surface area contributed by atoms with Gasteiger partial charge in [-0.3, -0.25) is 0 Å². The van der Waals surface area contributed by atoms with Crippen molar-refractivity contribution in [2.45, 2.75) is 38.0 Å². The summed E-state index contributed by atoms with van der Waals surface area (Å²) in [6, 6.07) is 16.2. The Bertz CT molecular complexity index is 1270. The summed E-state index contributed by atoms with van der Waals surface area (Å²) >= 11 is 0. The Balaban J connectivity index is 1.83. The Labute approximate surface area is 217 Å². The molecule has 0 saturated carbocycles. The minimum absolute atomic E-state index is 0.0367. The fourth-order valence-corrected chi connectivity index (χ4v) is 3.43. The number of nitrogens with zero attached hydrogens (tertiary/aromatic N) is 1. The van der Waals surface area contributed by atoms with Crippen molar-refractivity contribution in [3.05, 3.63) is 89.5 Å². The number of halogens is 7. The summed E-state index contributed by atoms with van der Waals surface area (Å²) < 4.78 is 101. The van der Waals surface area contributed by atoms with Gasteiger partial charge in [0.15, 0.2) is 6.10 Å². The average Bonchev–Trinajstić information content (AvgIpc) is 2.86. The van der Waals surface area contributed by atoms with E-state index in [0.717, 1.165) is 17.0 Å². The summed E-state index contributed by atoms with van der Waals surface area (Å²) in [6.07, 6.45) is -16.6. The third kappa shape index (κ3) is 8.50. The van der Waals surface area contributed by atoms with E-state index < -0.39 is 43.1 Å². The summed E-state index contributed by atoms with van der Waals surface area (Å²) in [4.78, 5) is 12.2. The number of rotatable bonds is 12. The highest BCUT2D eigenvalue weighted by molar-refractivity contribution is 5.87. The largest absolute Gasteiger partial charge is 0.489 e. The number of hydrogen-bond acceptors (Lipinski definition) is 5. The molecular formula is C26H22F7NO5. The van der Waals surface area contributed by atoms with Crippen molar-refractivity contribution in [2.24, 2.45) is 0 Å². The van der Waals surface area contributed by atoms with Crippen LogP contribution in [0.25, 0.3) is 0 Å². The van der Waals surface area contributed by atoms with Gasteiger partial charge in [-0.1, -0.05) is 30.3 Å². The molecule has 2 N–H and O–H groups in total. The predicted octanol–water partition coefficient (Wildman–Crippen LogP) is 6.13. The van der Waals surface area contributed by atoms with Gasteiger partial charge in [0.05, 0.1) is 12.1 Å². The summed E-state index contributed by atoms with van der Waals surface area (Å²) in [5, 5.41) is 18.8. The molecular weight excluding hydrogens is 539 g/mol. The molecule has 3 aromatic carbocycles. The summed E-state index contributed by atoms with van der Waals surface area (Å²) in [6.45, 7) is -1.37. The molecule has 0 aliphatic carbocycles. The number of aliphatic hydroxyl groups is 1. The van der Waals surface area contributed by atoms with Crippen molar-refractivity contribution in [2.75, 3.05) is 11.4 Å². The molecule has 1 atom stereocenters. The number of benzene rings is 3. The van der Waals surface area contributed by atoms with Crippen LogP contribution in [0, 0.1) is 0 Å². The Kier molecular flexibility index (Phi) is 9.28. The highest BCUT2D eigenvalue weighted by atomic mass is 19.4. The first kappa shape index (κ1) is 29.6. The summed E-state index contributed by atoms with van der Waals surface area (Å²) in [5.41, 5.74) is 0.833. The van der Waals surface area contributed by atoms with E-state index in [-0.39, 0.29) is 35.7 Å². The van der Waals surface area contributed by atoms with E-state index in [2.05, 4.69) is 4.74 Å². The number of alkyl halides is 7. The molecule has 0 saturated heterocycles. The van der Waals surface area contributed by atoms with Crippen LogP contribution in [0.4, 0.5) is 36.4 Å². The lowest BCUT2D eigenvalue weighted by Crippen LogP contribution is -2.40. The lowest BCUT2D eigenvalue weighted by Gasteiger charge is -2.29. The quantitative estimate of drug-likeness (QED) is 0.259. The molecule has 0 bridgehead atoms. The van der Waals surface area contributed by atoms with Crippen LogP contribution >= 0.6 is 0 Å². The molecule has 0 heterocycles. The minimum atomic E-state index is -4.97. The van der Waals surface area contributed by atoms with E-state index in [0.29, 0.717) is 5.56 Å². The number of anilines is 1. The maximum Gasteiger partial charge on any atom is 0.461 e. The third-order valence-corrected chi connectivity index (χ3v) is 5.31. The molecule has 6 nitrogen and oxygen atoms in total. The van der Waals surface area contributed by atoms with Crippen molar-refractivity contribution >= 4 is 11.7 Å². The molecule has 0 aliphatic rings. The van der Waals surface area contributed by atoms with Gasteiger partial charge in [-0.25, -0.2) is 4.79 Å². The maximum absolute atomic E-state index is 13.3. The van der Waals surface area contributed by atoms with E-state index in [4.69, 9.17) is 9.84 Å². The molecule has 39 heavy (non-hydrogen) atoms. The zero-order valence-electron chi connectivity index (χ0n) is 19.9. The lowest BCUT2D eigenvalue weighted by molar-refractivity contribution is -0.253. The third-order valence-electron chi connectivity index (χ3n) is 5.31. The SMILES string of the molecule is O=C(O)c1cccc(COc2cccc(N(Cc3cccc(OC(F)(F)C(F)F)c3)C[C@H](O)C(F)(F)F)c2)c1. The number of hydrogen-bond donors (Lipinski definition) is 2. The zero-order chi connectivity index (χ0) is 28.8. The second-order valence-electron chi connectivity index (χ2n) is 8.34. The van der Waals surface area contributed by atoms with Gasteiger partial charge in [0.1, 0.15) is 18.1 Å². The van der Waals surface area contributed by atoms with Gasteiger partial charge >= 0.3 is 24.7 Å². The van der Waals surface area contributed by atoms with Gasteiger partial charge in [-0.15, -0.1) is 0 Å². The van der Waals surface area contributed by atoms with Crippen LogP contribution in [0.1, 0.15) is 21.5 Å². The van der Waals surface area contributed by atoms with Crippen molar-refractivity contribution in [3.8, 4) is 11.5 Å². The predicted molar refractivity (Wildman–Crippen MR) is 125 cm³/mol. The highest BCUT2D eigenvalue weighted by Crippen LogP contribution is 2.30. The molecule has 0 fully saturated rings. The van der Waals surface area contributed by atoms with Crippen LogP contribution < -0.4 is 14.4 Å². The number of aromatic carboxylic acids is 1. The second kappa shape index (κ2) is 12.2. The number of aliphatic hydroxyl groups excluding tert-OH is 1. The molecule has 0 aromatic heterocycles. The van der Waals surface area contributed by atoms with Crippen LogP contribution in [-0.2, 0) is 13.2 Å². The molecule has 3 rings (SSSR count). The van der Waals surface area contributed by atoms with Gasteiger partial charge in [0.2, 0.25) is 0 Å². The second-order valence-corrected chi connectivity index (χ2v) is 8.34. The number of carboxylic acids is 1. The molecule has 0 radical (unpaired) electrons. The van der Waals surface area contributed by atoms with Crippen molar-refractivity contribution in [1.82, 2.24) is 0 Å². The molecule has 3 aromatic rings. The van der Waals surface area contributed by atoms with E-state index in [1.165, 1.54) is 54.6 Å². The Morgan fingerprint density at radius 3 is 2.18 bits per heavy atom. The van der Waals surface area contributed by atoms with Gasteiger partial charge in [-0.05, 0) is 47.5 Å². The Morgan fingerprint density at radius 2 is 1.51 bits per heavy atom. The maximum atomic E-state index is 13.3. The average molecular weight is 561 g/mol. The Morgan fingerprint density at radius 1 is 0.872 bits per heavy atom. The summed E-state index contributed by atoms with van der Waals surface area (Å²) in [5.74, 6) is -1.56. The fraction of sp³-hybridized carbons (Fsp3) is 0.269. The van der Waals surface area contributed by atoms with Gasteiger partial charge in [0.25, 0.3) is 0 Å². The van der Waals surface area contributed by atoms with Gasteiger partial charge in [0, 0.05) is 18.3 Å². The molecule has 0 unspecified atom stereocenters. The highest BCUT2D eigenvalue weighted by Gasteiger charge is 2.44. The molecule has 0 aliphatic heterocycles. The van der Waals surface area contributed by atoms with Crippen LogP contribution in [0.2, 0.25) is 0 Å². The van der Waals surface area contributed by atoms with Gasteiger partial charge < -0.3 is 24.6 Å². The summed E-state index contributed by atoms with van der Waals surface area (Å²) in [7, 11) is 0. The molecule has 0 amide bonds. The first-order chi connectivity index (χ1) is 18.2. The fourth-order valence-electron chi connectivity index (χ4n) is 3.43. The molecule has 13 heteroatoms. The first-order valence-corrected chi connectivity index (χ1v) is 11.2.